The van der Waals surface area contributed by atoms with Gasteiger partial charge in [0.2, 0.25) is 0 Å². The molecule has 7 heteroatoms. The largest absolute Gasteiger partial charge is 0.489 e. The molecular weight excluding hydrogens is 510 g/mol. The summed E-state index contributed by atoms with van der Waals surface area (Å²) in [5, 5.41) is 0.908. The van der Waals surface area contributed by atoms with Gasteiger partial charge in [-0.25, -0.2) is 0 Å². The van der Waals surface area contributed by atoms with Gasteiger partial charge in [0, 0.05) is 46.9 Å². The van der Waals surface area contributed by atoms with Gasteiger partial charge in [0.05, 0.1) is 0 Å². The number of H-pyrrole nitrogens is 1. The van der Waals surface area contributed by atoms with E-state index in [4.69, 9.17) is 14.2 Å². The summed E-state index contributed by atoms with van der Waals surface area (Å²) in [7, 11) is 0. The van der Waals surface area contributed by atoms with E-state index in [1.165, 1.54) is 0 Å². The molecule has 6 nitrogen and oxygen atoms in total. The molecule has 1 fully saturated rings. The van der Waals surface area contributed by atoms with E-state index in [0.717, 1.165) is 26.5 Å². The van der Waals surface area contributed by atoms with Crippen LogP contribution in [0.15, 0.2) is 83.5 Å². The molecule has 178 valence electrons. The zero-order chi connectivity index (χ0) is 24.6. The third-order valence-electron chi connectivity index (χ3n) is 6.05. The number of nitrogens with one attached hydrogen (secondary N) is 1. The van der Waals surface area contributed by atoms with Gasteiger partial charge < -0.3 is 19.2 Å². The number of fused-ring (bicyclic) bond motifs is 1. The third kappa shape index (κ3) is 4.68. The summed E-state index contributed by atoms with van der Waals surface area (Å²) < 4.78 is 18.2. The molecule has 0 aliphatic carbocycles. The second-order valence-corrected chi connectivity index (χ2v) is 9.86. The number of halogens is 1. The molecule has 2 heterocycles. The molecule has 1 N–H and O–H groups in total. The van der Waals surface area contributed by atoms with Crippen molar-refractivity contribution in [2.45, 2.75) is 32.2 Å². The lowest BCUT2D eigenvalue weighted by molar-refractivity contribution is -0.240. The van der Waals surface area contributed by atoms with Crippen LogP contribution in [-0.4, -0.2) is 22.7 Å². The van der Waals surface area contributed by atoms with Gasteiger partial charge in [-0.2, -0.15) is 0 Å². The summed E-state index contributed by atoms with van der Waals surface area (Å²) in [6.07, 6.45) is 1.83. The molecule has 0 bridgehead atoms. The van der Waals surface area contributed by atoms with Crippen LogP contribution in [0.5, 0.6) is 5.75 Å². The second-order valence-electron chi connectivity index (χ2n) is 8.94. The molecule has 4 aromatic rings. The number of hydrogen-bond acceptors (Lipinski definition) is 5. The Morgan fingerprint density at radius 3 is 2.31 bits per heavy atom. The molecule has 3 aromatic carbocycles. The number of hydrogen-bond donors (Lipinski definition) is 1. The zero-order valence-electron chi connectivity index (χ0n) is 19.3. The minimum atomic E-state index is -1.31. The summed E-state index contributed by atoms with van der Waals surface area (Å²) in [5.41, 5.74) is 3.38. The van der Waals surface area contributed by atoms with Crippen LogP contribution in [0.2, 0.25) is 0 Å². The summed E-state index contributed by atoms with van der Waals surface area (Å²) in [6.45, 7) is 3.43. The second kappa shape index (κ2) is 9.23. The molecule has 0 unspecified atom stereocenters. The fourth-order valence-corrected chi connectivity index (χ4v) is 4.75. The molecule has 35 heavy (non-hydrogen) atoms. The average molecular weight is 534 g/mol. The highest BCUT2D eigenvalue weighted by Gasteiger charge is 2.49. The first-order valence-electron chi connectivity index (χ1n) is 11.3. The summed E-state index contributed by atoms with van der Waals surface area (Å²) in [5.74, 6) is -3.83. The minimum Gasteiger partial charge on any atom is -0.489 e. The maximum Gasteiger partial charge on any atom is 0.324 e. The van der Waals surface area contributed by atoms with Gasteiger partial charge >= 0.3 is 11.9 Å². The Balaban J connectivity index is 1.60. The van der Waals surface area contributed by atoms with Crippen LogP contribution >= 0.6 is 15.9 Å². The highest BCUT2D eigenvalue weighted by atomic mass is 79.9. The van der Waals surface area contributed by atoms with Crippen LogP contribution in [0.25, 0.3) is 10.9 Å². The standard InChI is InChI=1S/C28H24BrNO5/c1-28(2)34-26(31)25(27(32)35-28)24(21-15-30-22-9-5-3-7-19(21)22)20-8-4-6-10-23(20)33-16-17-11-13-18(29)14-12-17/h3-15,24-25,30H,16H2,1-2H3/t24-/m0/s1. The SMILES string of the molecule is CC1(C)OC(=O)C([C@@H](c2ccccc2OCc2ccc(Br)cc2)c2c[nH]c3ccccc23)C(=O)O1. The first kappa shape index (κ1) is 23.2. The van der Waals surface area contributed by atoms with Crippen molar-refractivity contribution in [3.05, 3.63) is 100 Å². The van der Waals surface area contributed by atoms with E-state index in [9.17, 15) is 9.59 Å². The van der Waals surface area contributed by atoms with Crippen molar-refractivity contribution in [3.63, 3.8) is 0 Å². The molecule has 1 saturated heterocycles. The molecule has 5 rings (SSSR count). The van der Waals surface area contributed by atoms with Crippen molar-refractivity contribution in [1.29, 1.82) is 0 Å². The van der Waals surface area contributed by atoms with Crippen molar-refractivity contribution in [2.75, 3.05) is 0 Å². The van der Waals surface area contributed by atoms with Gasteiger partial charge in [-0.15, -0.1) is 0 Å². The molecule has 1 atom stereocenters. The minimum absolute atomic E-state index is 0.331. The van der Waals surface area contributed by atoms with Crippen LogP contribution in [0.4, 0.5) is 0 Å². The number of esters is 2. The quantitative estimate of drug-likeness (QED) is 0.239. The summed E-state index contributed by atoms with van der Waals surface area (Å²) in [4.78, 5) is 29.7. The topological polar surface area (TPSA) is 77.6 Å². The normalized spacial score (nSPS) is 16.5. The smallest absolute Gasteiger partial charge is 0.324 e. The van der Waals surface area contributed by atoms with Gasteiger partial charge in [-0.1, -0.05) is 64.5 Å². The van der Waals surface area contributed by atoms with Crippen molar-refractivity contribution < 1.29 is 23.8 Å². The Bertz CT molecular complexity index is 1370. The lowest BCUT2D eigenvalue weighted by atomic mass is 9.79. The third-order valence-corrected chi connectivity index (χ3v) is 6.58. The lowest BCUT2D eigenvalue weighted by Gasteiger charge is -2.36. The number of carbonyl (C=O) groups is 2. The van der Waals surface area contributed by atoms with E-state index in [2.05, 4.69) is 20.9 Å². The number of aromatic nitrogens is 1. The van der Waals surface area contributed by atoms with Gasteiger partial charge in [-0.3, -0.25) is 9.59 Å². The van der Waals surface area contributed by atoms with Crippen LogP contribution in [0.1, 0.15) is 36.5 Å². The van der Waals surface area contributed by atoms with Gasteiger partial charge in [0.15, 0.2) is 5.92 Å². The number of carbonyl (C=O) groups excluding carboxylic acids is 2. The lowest BCUT2D eigenvalue weighted by Crippen LogP contribution is -2.48. The summed E-state index contributed by atoms with van der Waals surface area (Å²) in [6, 6.07) is 23.1. The fourth-order valence-electron chi connectivity index (χ4n) is 4.49. The maximum absolute atomic E-state index is 13.2. The number of aromatic amines is 1. The van der Waals surface area contributed by atoms with Crippen LogP contribution < -0.4 is 4.74 Å². The highest BCUT2D eigenvalue weighted by molar-refractivity contribution is 9.10. The Hall–Kier alpha value is -3.58. The van der Waals surface area contributed by atoms with E-state index in [1.807, 2.05) is 79.0 Å². The van der Waals surface area contributed by atoms with Crippen molar-refractivity contribution >= 4 is 38.8 Å². The number of benzene rings is 3. The Morgan fingerprint density at radius 1 is 0.914 bits per heavy atom. The Morgan fingerprint density at radius 2 is 1.57 bits per heavy atom. The van der Waals surface area contributed by atoms with E-state index >= 15 is 0 Å². The number of rotatable bonds is 6. The monoisotopic (exact) mass is 533 g/mol. The highest BCUT2D eigenvalue weighted by Crippen LogP contribution is 2.43. The number of para-hydroxylation sites is 2. The predicted molar refractivity (Wildman–Crippen MR) is 135 cm³/mol. The molecular formula is C28H24BrNO5. The zero-order valence-corrected chi connectivity index (χ0v) is 20.9. The average Bonchev–Trinajstić information content (AvgIpc) is 3.24. The molecule has 0 saturated carbocycles. The number of cyclic esters (lactones) is 2. The van der Waals surface area contributed by atoms with Crippen molar-refractivity contribution in [1.82, 2.24) is 4.98 Å². The van der Waals surface area contributed by atoms with Crippen molar-refractivity contribution in [3.8, 4) is 5.75 Å². The van der Waals surface area contributed by atoms with E-state index in [1.54, 1.807) is 13.8 Å². The predicted octanol–water partition coefficient (Wildman–Crippen LogP) is 6.09. The first-order valence-corrected chi connectivity index (χ1v) is 12.1. The maximum atomic E-state index is 13.2. The van der Waals surface area contributed by atoms with Gasteiger partial charge in [0.1, 0.15) is 12.4 Å². The van der Waals surface area contributed by atoms with E-state index in [-0.39, 0.29) is 0 Å². The Kier molecular flexibility index (Phi) is 6.11. The van der Waals surface area contributed by atoms with Gasteiger partial charge in [-0.05, 0) is 35.4 Å². The van der Waals surface area contributed by atoms with E-state index in [0.29, 0.717) is 17.9 Å². The molecule has 0 spiro atoms. The number of ether oxygens (including phenoxy) is 3. The fraction of sp³-hybridized carbons (Fsp3) is 0.214. The molecule has 1 aliphatic heterocycles. The van der Waals surface area contributed by atoms with Crippen LogP contribution in [0, 0.1) is 5.92 Å². The first-order chi connectivity index (χ1) is 16.8. The van der Waals surface area contributed by atoms with Gasteiger partial charge in [0.25, 0.3) is 5.79 Å². The van der Waals surface area contributed by atoms with Crippen LogP contribution in [0.3, 0.4) is 0 Å². The Labute approximate surface area is 211 Å². The molecule has 1 aliphatic rings. The van der Waals surface area contributed by atoms with Crippen LogP contribution in [-0.2, 0) is 25.7 Å². The van der Waals surface area contributed by atoms with Crippen molar-refractivity contribution in [2.24, 2.45) is 5.92 Å². The summed E-state index contributed by atoms with van der Waals surface area (Å²) >= 11 is 3.45. The molecule has 0 amide bonds. The molecule has 0 radical (unpaired) electrons. The molecule has 1 aromatic heterocycles. The van der Waals surface area contributed by atoms with E-state index < -0.39 is 29.6 Å².